The van der Waals surface area contributed by atoms with Gasteiger partial charge in [-0.2, -0.15) is 0 Å². The Morgan fingerprint density at radius 3 is 2.40 bits per heavy atom. The number of hydrogen-bond donors (Lipinski definition) is 1. The van der Waals surface area contributed by atoms with E-state index in [2.05, 4.69) is 10.2 Å². The van der Waals surface area contributed by atoms with Gasteiger partial charge in [-0.15, -0.1) is 0 Å². The molecule has 1 aliphatic carbocycles. The van der Waals surface area contributed by atoms with Crippen LogP contribution in [0.2, 0.25) is 0 Å². The first-order valence-corrected chi connectivity index (χ1v) is 10.7. The van der Waals surface area contributed by atoms with Crippen molar-refractivity contribution in [2.75, 3.05) is 26.2 Å². The molecule has 2 aromatic rings. The van der Waals surface area contributed by atoms with E-state index in [1.807, 2.05) is 12.1 Å². The maximum Gasteiger partial charge on any atom is 0.253 e. The van der Waals surface area contributed by atoms with Crippen molar-refractivity contribution in [3.05, 3.63) is 59.8 Å². The van der Waals surface area contributed by atoms with E-state index in [-0.39, 0.29) is 23.7 Å². The lowest BCUT2D eigenvalue weighted by Crippen LogP contribution is -2.57. The monoisotopic (exact) mass is 413 g/mol. The highest BCUT2D eigenvalue weighted by atomic mass is 19.1. The summed E-state index contributed by atoms with van der Waals surface area (Å²) in [5.74, 6) is 0.687. The lowest BCUT2D eigenvalue weighted by molar-refractivity contribution is -0.129. The van der Waals surface area contributed by atoms with Gasteiger partial charge in [0, 0.05) is 31.7 Å². The standard InChI is InChI=1S/C23H28FN3O3/c24-19-9-7-18(8-10-19)23(29)27-13-11-26(12-14-27)21(17-4-1-2-5-17)22(28)25-16-20-6-3-15-30-20/h3,6-10,15,17,21H,1-2,4-5,11-14,16H2,(H,25,28). The second-order valence-electron chi connectivity index (χ2n) is 8.12. The van der Waals surface area contributed by atoms with Gasteiger partial charge < -0.3 is 14.6 Å². The number of benzene rings is 1. The van der Waals surface area contributed by atoms with Gasteiger partial charge in [0.15, 0.2) is 0 Å². The second kappa shape index (κ2) is 9.43. The Balaban J connectivity index is 1.38. The fourth-order valence-corrected chi connectivity index (χ4v) is 4.62. The number of piperazine rings is 1. The highest BCUT2D eigenvalue weighted by Gasteiger charge is 2.37. The Labute approximate surface area is 176 Å². The molecular formula is C23H28FN3O3. The molecule has 1 saturated carbocycles. The molecule has 7 heteroatoms. The molecule has 2 aliphatic rings. The highest BCUT2D eigenvalue weighted by molar-refractivity contribution is 5.94. The fourth-order valence-electron chi connectivity index (χ4n) is 4.62. The summed E-state index contributed by atoms with van der Waals surface area (Å²) in [5, 5.41) is 3.03. The van der Waals surface area contributed by atoms with E-state index < -0.39 is 0 Å². The number of furan rings is 1. The third-order valence-corrected chi connectivity index (χ3v) is 6.22. The summed E-state index contributed by atoms with van der Waals surface area (Å²) < 4.78 is 18.5. The van der Waals surface area contributed by atoms with Crippen LogP contribution in [0.25, 0.3) is 0 Å². The van der Waals surface area contributed by atoms with Crippen LogP contribution < -0.4 is 5.32 Å². The van der Waals surface area contributed by atoms with Crippen molar-refractivity contribution in [2.24, 2.45) is 5.92 Å². The Morgan fingerprint density at radius 2 is 1.77 bits per heavy atom. The van der Waals surface area contributed by atoms with Gasteiger partial charge in [0.05, 0.1) is 18.8 Å². The van der Waals surface area contributed by atoms with Crippen molar-refractivity contribution < 1.29 is 18.4 Å². The molecule has 1 unspecified atom stereocenters. The first-order valence-electron chi connectivity index (χ1n) is 10.7. The van der Waals surface area contributed by atoms with Crippen LogP contribution in [0.5, 0.6) is 0 Å². The van der Waals surface area contributed by atoms with Crippen molar-refractivity contribution in [1.29, 1.82) is 0 Å². The van der Waals surface area contributed by atoms with Crippen LogP contribution in [0.3, 0.4) is 0 Å². The Morgan fingerprint density at radius 1 is 1.07 bits per heavy atom. The van der Waals surface area contributed by atoms with Crippen molar-refractivity contribution >= 4 is 11.8 Å². The van der Waals surface area contributed by atoms with E-state index in [1.165, 1.54) is 24.3 Å². The molecule has 160 valence electrons. The van der Waals surface area contributed by atoms with Gasteiger partial charge >= 0.3 is 0 Å². The Hall–Kier alpha value is -2.67. The van der Waals surface area contributed by atoms with Gasteiger partial charge in [-0.1, -0.05) is 12.8 Å². The smallest absolute Gasteiger partial charge is 0.253 e. The molecule has 1 aromatic carbocycles. The maximum atomic E-state index is 13.1. The summed E-state index contributed by atoms with van der Waals surface area (Å²) in [7, 11) is 0. The van der Waals surface area contributed by atoms with Gasteiger partial charge in [0.25, 0.3) is 5.91 Å². The molecule has 2 amide bonds. The molecule has 1 saturated heterocycles. The minimum absolute atomic E-state index is 0.0385. The molecule has 30 heavy (non-hydrogen) atoms. The molecule has 1 atom stereocenters. The van der Waals surface area contributed by atoms with Crippen molar-refractivity contribution in [3.8, 4) is 0 Å². The van der Waals surface area contributed by atoms with Crippen molar-refractivity contribution in [3.63, 3.8) is 0 Å². The third-order valence-electron chi connectivity index (χ3n) is 6.22. The average molecular weight is 413 g/mol. The molecule has 0 bridgehead atoms. The second-order valence-corrected chi connectivity index (χ2v) is 8.12. The van der Waals surface area contributed by atoms with Crippen LogP contribution >= 0.6 is 0 Å². The molecule has 0 radical (unpaired) electrons. The number of nitrogens with one attached hydrogen (secondary N) is 1. The van der Waals surface area contributed by atoms with E-state index in [4.69, 9.17) is 4.42 Å². The van der Waals surface area contributed by atoms with E-state index in [9.17, 15) is 14.0 Å². The van der Waals surface area contributed by atoms with Crippen LogP contribution in [-0.4, -0.2) is 53.8 Å². The number of amides is 2. The van der Waals surface area contributed by atoms with Gasteiger partial charge in [0.1, 0.15) is 11.6 Å². The molecule has 4 rings (SSSR count). The van der Waals surface area contributed by atoms with Gasteiger partial charge in [0.2, 0.25) is 5.91 Å². The summed E-state index contributed by atoms with van der Waals surface area (Å²) in [6, 6.07) is 9.15. The average Bonchev–Trinajstić information content (AvgIpc) is 3.48. The summed E-state index contributed by atoms with van der Waals surface area (Å²) in [6.07, 6.45) is 6.06. The summed E-state index contributed by atoms with van der Waals surface area (Å²) in [5.41, 5.74) is 0.494. The zero-order valence-corrected chi connectivity index (χ0v) is 17.1. The summed E-state index contributed by atoms with van der Waals surface area (Å²) in [6.45, 7) is 2.82. The highest BCUT2D eigenvalue weighted by Crippen LogP contribution is 2.31. The largest absolute Gasteiger partial charge is 0.467 e. The molecule has 6 nitrogen and oxygen atoms in total. The lowest BCUT2D eigenvalue weighted by Gasteiger charge is -2.40. The molecule has 1 aliphatic heterocycles. The summed E-state index contributed by atoms with van der Waals surface area (Å²) in [4.78, 5) is 29.8. The number of carbonyl (C=O) groups excluding carboxylic acids is 2. The number of nitrogens with zero attached hydrogens (tertiary/aromatic N) is 2. The van der Waals surface area contributed by atoms with Crippen LogP contribution in [-0.2, 0) is 11.3 Å². The number of hydrogen-bond acceptors (Lipinski definition) is 4. The van der Waals surface area contributed by atoms with Crippen LogP contribution in [0.15, 0.2) is 47.1 Å². The van der Waals surface area contributed by atoms with Gasteiger partial charge in [-0.3, -0.25) is 14.5 Å². The molecule has 2 fully saturated rings. The molecular weight excluding hydrogens is 385 g/mol. The van der Waals surface area contributed by atoms with Crippen LogP contribution in [0, 0.1) is 11.7 Å². The van der Waals surface area contributed by atoms with Crippen molar-refractivity contribution in [1.82, 2.24) is 15.1 Å². The minimum atomic E-state index is -0.351. The normalized spacial score (nSPS) is 19.0. The van der Waals surface area contributed by atoms with Crippen molar-refractivity contribution in [2.45, 2.75) is 38.3 Å². The first-order chi connectivity index (χ1) is 14.6. The maximum absolute atomic E-state index is 13.1. The number of carbonyl (C=O) groups is 2. The van der Waals surface area contributed by atoms with E-state index in [0.29, 0.717) is 44.2 Å². The van der Waals surface area contributed by atoms with Gasteiger partial charge in [-0.05, 0) is 55.2 Å². The third kappa shape index (κ3) is 4.73. The minimum Gasteiger partial charge on any atom is -0.467 e. The molecule has 1 N–H and O–H groups in total. The molecule has 0 spiro atoms. The Kier molecular flexibility index (Phi) is 6.47. The number of halogens is 1. The first kappa shape index (κ1) is 20.6. The molecule has 1 aromatic heterocycles. The van der Waals surface area contributed by atoms with Crippen LogP contribution in [0.4, 0.5) is 4.39 Å². The predicted molar refractivity (Wildman–Crippen MR) is 110 cm³/mol. The fraction of sp³-hybridized carbons (Fsp3) is 0.478. The van der Waals surface area contributed by atoms with E-state index in [1.54, 1.807) is 11.2 Å². The summed E-state index contributed by atoms with van der Waals surface area (Å²) >= 11 is 0. The number of rotatable bonds is 6. The zero-order chi connectivity index (χ0) is 20.9. The van der Waals surface area contributed by atoms with Crippen LogP contribution in [0.1, 0.15) is 41.8 Å². The predicted octanol–water partition coefficient (Wildman–Crippen LogP) is 3.05. The van der Waals surface area contributed by atoms with Gasteiger partial charge in [-0.25, -0.2) is 4.39 Å². The van der Waals surface area contributed by atoms with E-state index in [0.717, 1.165) is 31.4 Å². The van der Waals surface area contributed by atoms with E-state index >= 15 is 0 Å². The lowest BCUT2D eigenvalue weighted by atomic mass is 9.95. The Bertz CT molecular complexity index is 839. The zero-order valence-electron chi connectivity index (χ0n) is 17.1. The quantitative estimate of drug-likeness (QED) is 0.791. The SMILES string of the molecule is O=C(NCc1ccco1)C(C1CCCC1)N1CCN(C(=O)c2ccc(F)cc2)CC1. The topological polar surface area (TPSA) is 65.8 Å². The molecule has 2 heterocycles.